The smallest absolute Gasteiger partial charge is 0.0957 e. The van der Waals surface area contributed by atoms with E-state index in [9.17, 15) is 0 Å². The number of nitrogens with one attached hydrogen (secondary N) is 1. The van der Waals surface area contributed by atoms with Crippen LogP contribution in [0.4, 0.5) is 0 Å². The molecule has 0 bridgehead atoms. The Morgan fingerprint density at radius 1 is 1.60 bits per heavy atom. The van der Waals surface area contributed by atoms with Gasteiger partial charge < -0.3 is 4.90 Å². The van der Waals surface area contributed by atoms with Gasteiger partial charge in [-0.25, -0.2) is 0 Å². The molecule has 0 aromatic heterocycles. The SMILES string of the molecule is CCCC(=N)N(C)C1CC1. The molecule has 0 radical (unpaired) electrons. The van der Waals surface area contributed by atoms with Crippen molar-refractivity contribution in [1.29, 1.82) is 5.41 Å². The Kier molecular flexibility index (Phi) is 2.30. The molecule has 1 aliphatic carbocycles. The third kappa shape index (κ3) is 1.72. The maximum absolute atomic E-state index is 7.59. The Morgan fingerprint density at radius 2 is 2.20 bits per heavy atom. The average molecular weight is 140 g/mol. The summed E-state index contributed by atoms with van der Waals surface area (Å²) in [6.45, 7) is 2.12. The van der Waals surface area contributed by atoms with Gasteiger partial charge in [0.25, 0.3) is 0 Å². The van der Waals surface area contributed by atoms with Gasteiger partial charge in [-0.3, -0.25) is 5.41 Å². The highest BCUT2D eigenvalue weighted by Gasteiger charge is 2.27. The van der Waals surface area contributed by atoms with E-state index >= 15 is 0 Å². The first-order valence-corrected chi connectivity index (χ1v) is 4.06. The van der Waals surface area contributed by atoms with Gasteiger partial charge in [-0.1, -0.05) is 6.92 Å². The van der Waals surface area contributed by atoms with Crippen LogP contribution < -0.4 is 0 Å². The molecule has 2 heteroatoms. The molecule has 0 amide bonds. The van der Waals surface area contributed by atoms with Gasteiger partial charge in [-0.2, -0.15) is 0 Å². The van der Waals surface area contributed by atoms with E-state index in [-0.39, 0.29) is 0 Å². The number of nitrogens with zero attached hydrogens (tertiary/aromatic N) is 1. The zero-order valence-electron chi connectivity index (χ0n) is 6.85. The van der Waals surface area contributed by atoms with Gasteiger partial charge in [0, 0.05) is 19.5 Å². The summed E-state index contributed by atoms with van der Waals surface area (Å²) in [7, 11) is 2.04. The maximum Gasteiger partial charge on any atom is 0.0957 e. The Labute approximate surface area is 62.7 Å². The molecule has 1 aliphatic rings. The van der Waals surface area contributed by atoms with Gasteiger partial charge in [-0.15, -0.1) is 0 Å². The molecule has 0 aromatic carbocycles. The quantitative estimate of drug-likeness (QED) is 0.470. The van der Waals surface area contributed by atoms with Crippen molar-refractivity contribution in [2.24, 2.45) is 0 Å². The Hall–Kier alpha value is -0.530. The van der Waals surface area contributed by atoms with Crippen molar-refractivity contribution >= 4 is 5.84 Å². The third-order valence-corrected chi connectivity index (χ3v) is 2.01. The fourth-order valence-corrected chi connectivity index (χ4v) is 1.10. The predicted octanol–water partition coefficient (Wildman–Crippen LogP) is 1.86. The molecule has 0 aromatic rings. The van der Waals surface area contributed by atoms with Gasteiger partial charge in [0.1, 0.15) is 0 Å². The first-order chi connectivity index (χ1) is 4.75. The van der Waals surface area contributed by atoms with Crippen molar-refractivity contribution in [2.75, 3.05) is 7.05 Å². The van der Waals surface area contributed by atoms with Crippen LogP contribution in [0.5, 0.6) is 0 Å². The fraction of sp³-hybridized carbons (Fsp3) is 0.875. The maximum atomic E-state index is 7.59. The van der Waals surface area contributed by atoms with E-state index in [0.717, 1.165) is 18.7 Å². The molecule has 0 unspecified atom stereocenters. The molecule has 2 nitrogen and oxygen atoms in total. The summed E-state index contributed by atoms with van der Waals surface area (Å²) in [5, 5.41) is 7.59. The fourth-order valence-electron chi connectivity index (χ4n) is 1.10. The standard InChI is InChI=1S/C8H16N2/c1-3-4-8(9)10(2)7-5-6-7/h7,9H,3-6H2,1-2H3. The van der Waals surface area contributed by atoms with Crippen LogP contribution >= 0.6 is 0 Å². The van der Waals surface area contributed by atoms with E-state index in [2.05, 4.69) is 11.8 Å². The first-order valence-electron chi connectivity index (χ1n) is 4.06. The van der Waals surface area contributed by atoms with Crippen LogP contribution in [0.25, 0.3) is 0 Å². The van der Waals surface area contributed by atoms with Crippen LogP contribution in [0.2, 0.25) is 0 Å². The third-order valence-electron chi connectivity index (χ3n) is 2.01. The summed E-state index contributed by atoms with van der Waals surface area (Å²) in [6.07, 6.45) is 4.62. The lowest BCUT2D eigenvalue weighted by molar-refractivity contribution is 0.479. The highest BCUT2D eigenvalue weighted by Crippen LogP contribution is 2.25. The van der Waals surface area contributed by atoms with Crippen molar-refractivity contribution in [1.82, 2.24) is 4.90 Å². The second-order valence-electron chi connectivity index (χ2n) is 3.04. The number of rotatable bonds is 3. The molecule has 1 N–H and O–H groups in total. The van der Waals surface area contributed by atoms with Crippen molar-refractivity contribution < 1.29 is 0 Å². The van der Waals surface area contributed by atoms with Crippen molar-refractivity contribution in [2.45, 2.75) is 38.6 Å². The molecule has 1 rings (SSSR count). The van der Waals surface area contributed by atoms with Gasteiger partial charge in [0.2, 0.25) is 0 Å². The average Bonchev–Trinajstić information content (AvgIpc) is 2.68. The summed E-state index contributed by atoms with van der Waals surface area (Å²) in [4.78, 5) is 2.11. The molecule has 1 fully saturated rings. The van der Waals surface area contributed by atoms with Crippen LogP contribution in [-0.2, 0) is 0 Å². The van der Waals surface area contributed by atoms with Crippen molar-refractivity contribution in [3.63, 3.8) is 0 Å². The lowest BCUT2D eigenvalue weighted by Crippen LogP contribution is -2.27. The van der Waals surface area contributed by atoms with E-state index in [0.29, 0.717) is 6.04 Å². The highest BCUT2D eigenvalue weighted by molar-refractivity contribution is 5.79. The number of amidine groups is 1. The second-order valence-corrected chi connectivity index (χ2v) is 3.04. The molecule has 0 heterocycles. The Balaban J connectivity index is 2.24. The molecule has 0 aliphatic heterocycles. The van der Waals surface area contributed by atoms with Crippen LogP contribution in [0.15, 0.2) is 0 Å². The van der Waals surface area contributed by atoms with Gasteiger partial charge in [-0.05, 0) is 19.3 Å². The molecular weight excluding hydrogens is 124 g/mol. The van der Waals surface area contributed by atoms with E-state index in [1.54, 1.807) is 0 Å². The summed E-state index contributed by atoms with van der Waals surface area (Å²) >= 11 is 0. The van der Waals surface area contributed by atoms with E-state index in [4.69, 9.17) is 5.41 Å². The van der Waals surface area contributed by atoms with E-state index < -0.39 is 0 Å². The van der Waals surface area contributed by atoms with Crippen LogP contribution in [0.3, 0.4) is 0 Å². The summed E-state index contributed by atoms with van der Waals surface area (Å²) < 4.78 is 0. The lowest BCUT2D eigenvalue weighted by Gasteiger charge is -2.18. The largest absolute Gasteiger partial charge is 0.361 e. The summed E-state index contributed by atoms with van der Waals surface area (Å²) in [5.74, 6) is 0.810. The Morgan fingerprint density at radius 3 is 2.60 bits per heavy atom. The van der Waals surface area contributed by atoms with Gasteiger partial charge in [0.15, 0.2) is 0 Å². The van der Waals surface area contributed by atoms with Gasteiger partial charge in [0.05, 0.1) is 5.84 Å². The van der Waals surface area contributed by atoms with Crippen molar-refractivity contribution in [3.8, 4) is 0 Å². The molecule has 1 saturated carbocycles. The molecule has 0 atom stereocenters. The summed E-state index contributed by atoms with van der Waals surface area (Å²) in [5.41, 5.74) is 0. The first kappa shape index (κ1) is 7.58. The lowest BCUT2D eigenvalue weighted by atomic mass is 10.3. The zero-order valence-corrected chi connectivity index (χ0v) is 6.85. The molecule has 0 spiro atoms. The van der Waals surface area contributed by atoms with Crippen LogP contribution in [0.1, 0.15) is 32.6 Å². The van der Waals surface area contributed by atoms with Crippen molar-refractivity contribution in [3.05, 3.63) is 0 Å². The minimum absolute atomic E-state index is 0.707. The molecular formula is C8H16N2. The van der Waals surface area contributed by atoms with Gasteiger partial charge >= 0.3 is 0 Å². The number of hydrogen-bond donors (Lipinski definition) is 1. The minimum Gasteiger partial charge on any atom is -0.361 e. The molecule has 0 saturated heterocycles. The monoisotopic (exact) mass is 140 g/mol. The van der Waals surface area contributed by atoms with Crippen LogP contribution in [0, 0.1) is 5.41 Å². The normalized spacial score (nSPS) is 17.0. The van der Waals surface area contributed by atoms with E-state index in [1.807, 2.05) is 7.05 Å². The molecule has 58 valence electrons. The van der Waals surface area contributed by atoms with Crippen LogP contribution in [-0.4, -0.2) is 23.8 Å². The second kappa shape index (κ2) is 3.04. The number of hydrogen-bond acceptors (Lipinski definition) is 1. The predicted molar refractivity (Wildman–Crippen MR) is 43.4 cm³/mol. The zero-order chi connectivity index (χ0) is 7.56. The summed E-state index contributed by atoms with van der Waals surface area (Å²) in [6, 6.07) is 0.707. The van der Waals surface area contributed by atoms with E-state index in [1.165, 1.54) is 12.8 Å². The molecule has 10 heavy (non-hydrogen) atoms. The Bertz CT molecular complexity index is 127. The topological polar surface area (TPSA) is 27.1 Å². The minimum atomic E-state index is 0.707. The highest BCUT2D eigenvalue weighted by atomic mass is 15.2.